The Kier molecular flexibility index (Phi) is 3.48. The Morgan fingerprint density at radius 2 is 1.90 bits per heavy atom. The molecule has 0 bridgehead atoms. The number of esters is 1. The number of ether oxygens (including phenoxy) is 1. The molecule has 1 aromatic heterocycles. The van der Waals surface area contributed by atoms with E-state index < -0.39 is 0 Å². The standard InChI is InChI=1S/C18H17NO2/c1-3-21-18(20)14-9-10-17-15(11-14)16(12-19(17)2)13-7-5-4-6-8-13/h4-12H,3H2,1-2H3. The van der Waals surface area contributed by atoms with Gasteiger partial charge in [-0.3, -0.25) is 0 Å². The van der Waals surface area contributed by atoms with E-state index in [9.17, 15) is 4.79 Å². The molecule has 0 atom stereocenters. The molecule has 0 aliphatic heterocycles. The average Bonchev–Trinajstić information content (AvgIpc) is 2.85. The van der Waals surface area contributed by atoms with Gasteiger partial charge in [-0.1, -0.05) is 30.3 Å². The Balaban J connectivity index is 2.17. The molecule has 2 aromatic carbocycles. The van der Waals surface area contributed by atoms with Crippen molar-refractivity contribution < 1.29 is 9.53 Å². The molecule has 0 saturated carbocycles. The highest BCUT2D eigenvalue weighted by Gasteiger charge is 2.12. The zero-order chi connectivity index (χ0) is 14.8. The first-order valence-electron chi connectivity index (χ1n) is 7.02. The predicted octanol–water partition coefficient (Wildman–Crippen LogP) is 4.02. The lowest BCUT2D eigenvalue weighted by atomic mass is 10.0. The fourth-order valence-electron chi connectivity index (χ4n) is 2.58. The van der Waals surface area contributed by atoms with E-state index in [2.05, 4.69) is 22.9 Å². The van der Waals surface area contributed by atoms with Gasteiger partial charge in [0.05, 0.1) is 12.2 Å². The van der Waals surface area contributed by atoms with Gasteiger partial charge in [0.2, 0.25) is 0 Å². The van der Waals surface area contributed by atoms with Crippen LogP contribution in [0.25, 0.3) is 22.0 Å². The molecule has 3 nitrogen and oxygen atoms in total. The van der Waals surface area contributed by atoms with Gasteiger partial charge in [0, 0.05) is 29.7 Å². The summed E-state index contributed by atoms with van der Waals surface area (Å²) in [7, 11) is 2.01. The lowest BCUT2D eigenvalue weighted by molar-refractivity contribution is 0.0526. The van der Waals surface area contributed by atoms with Crippen molar-refractivity contribution in [1.29, 1.82) is 0 Å². The summed E-state index contributed by atoms with van der Waals surface area (Å²) in [6.45, 7) is 2.20. The molecular formula is C18H17NO2. The van der Waals surface area contributed by atoms with Crippen molar-refractivity contribution in [2.24, 2.45) is 7.05 Å². The van der Waals surface area contributed by atoms with Crippen LogP contribution in [-0.2, 0) is 11.8 Å². The minimum atomic E-state index is -0.276. The van der Waals surface area contributed by atoms with E-state index in [1.165, 1.54) is 0 Å². The summed E-state index contributed by atoms with van der Waals surface area (Å²) in [5.74, 6) is -0.276. The fourth-order valence-corrected chi connectivity index (χ4v) is 2.58. The number of nitrogens with zero attached hydrogens (tertiary/aromatic N) is 1. The quantitative estimate of drug-likeness (QED) is 0.678. The van der Waals surface area contributed by atoms with Crippen LogP contribution in [0.4, 0.5) is 0 Å². The lowest BCUT2D eigenvalue weighted by Gasteiger charge is -2.04. The molecule has 3 heteroatoms. The lowest BCUT2D eigenvalue weighted by Crippen LogP contribution is -2.04. The minimum absolute atomic E-state index is 0.276. The van der Waals surface area contributed by atoms with Gasteiger partial charge in [0.25, 0.3) is 0 Å². The number of rotatable bonds is 3. The second-order valence-electron chi connectivity index (χ2n) is 4.97. The van der Waals surface area contributed by atoms with Crippen molar-refractivity contribution >= 4 is 16.9 Å². The Bertz CT molecular complexity index is 788. The predicted molar refractivity (Wildman–Crippen MR) is 84.3 cm³/mol. The van der Waals surface area contributed by atoms with Crippen LogP contribution in [0.2, 0.25) is 0 Å². The van der Waals surface area contributed by atoms with Crippen molar-refractivity contribution in [2.45, 2.75) is 6.92 Å². The number of aryl methyl sites for hydroxylation is 1. The van der Waals surface area contributed by atoms with E-state index in [-0.39, 0.29) is 5.97 Å². The number of carbonyl (C=O) groups is 1. The smallest absolute Gasteiger partial charge is 0.338 e. The number of carbonyl (C=O) groups excluding carboxylic acids is 1. The Morgan fingerprint density at radius 1 is 1.14 bits per heavy atom. The zero-order valence-corrected chi connectivity index (χ0v) is 12.2. The van der Waals surface area contributed by atoms with Crippen molar-refractivity contribution in [3.05, 3.63) is 60.3 Å². The van der Waals surface area contributed by atoms with Gasteiger partial charge < -0.3 is 9.30 Å². The van der Waals surface area contributed by atoms with Gasteiger partial charge >= 0.3 is 5.97 Å². The molecular weight excluding hydrogens is 262 g/mol. The third-order valence-electron chi connectivity index (χ3n) is 3.59. The summed E-state index contributed by atoms with van der Waals surface area (Å²) < 4.78 is 7.16. The van der Waals surface area contributed by atoms with Crippen molar-refractivity contribution in [1.82, 2.24) is 4.57 Å². The molecule has 0 spiro atoms. The van der Waals surface area contributed by atoms with Gasteiger partial charge in [-0.2, -0.15) is 0 Å². The van der Waals surface area contributed by atoms with E-state index in [1.807, 2.05) is 50.4 Å². The van der Waals surface area contributed by atoms with E-state index in [4.69, 9.17) is 4.74 Å². The second-order valence-corrected chi connectivity index (χ2v) is 4.97. The number of aromatic nitrogens is 1. The average molecular weight is 279 g/mol. The molecule has 3 rings (SSSR count). The Labute approximate surface area is 123 Å². The highest BCUT2D eigenvalue weighted by atomic mass is 16.5. The van der Waals surface area contributed by atoms with Crippen LogP contribution in [0.15, 0.2) is 54.7 Å². The first-order valence-corrected chi connectivity index (χ1v) is 7.02. The van der Waals surface area contributed by atoms with Crippen LogP contribution in [0.3, 0.4) is 0 Å². The van der Waals surface area contributed by atoms with Crippen molar-refractivity contribution in [2.75, 3.05) is 6.61 Å². The maximum Gasteiger partial charge on any atom is 0.338 e. The van der Waals surface area contributed by atoms with Gasteiger partial charge in [0.1, 0.15) is 0 Å². The summed E-state index contributed by atoms with van der Waals surface area (Å²) in [4.78, 5) is 11.9. The number of hydrogen-bond acceptors (Lipinski definition) is 2. The van der Waals surface area contributed by atoms with Crippen LogP contribution in [-0.4, -0.2) is 17.1 Å². The summed E-state index contributed by atoms with van der Waals surface area (Å²) in [6, 6.07) is 15.9. The van der Waals surface area contributed by atoms with E-state index >= 15 is 0 Å². The molecule has 3 aromatic rings. The molecule has 0 radical (unpaired) electrons. The third-order valence-corrected chi connectivity index (χ3v) is 3.59. The topological polar surface area (TPSA) is 31.2 Å². The van der Waals surface area contributed by atoms with Crippen molar-refractivity contribution in [3.8, 4) is 11.1 Å². The molecule has 0 fully saturated rings. The molecule has 0 aliphatic rings. The monoisotopic (exact) mass is 279 g/mol. The molecule has 0 N–H and O–H groups in total. The van der Waals surface area contributed by atoms with Crippen LogP contribution < -0.4 is 0 Å². The Morgan fingerprint density at radius 3 is 2.62 bits per heavy atom. The molecule has 0 aliphatic carbocycles. The summed E-state index contributed by atoms with van der Waals surface area (Å²) in [5.41, 5.74) is 3.96. The minimum Gasteiger partial charge on any atom is -0.462 e. The number of benzene rings is 2. The number of fused-ring (bicyclic) bond motifs is 1. The van der Waals surface area contributed by atoms with E-state index in [0.29, 0.717) is 12.2 Å². The normalized spacial score (nSPS) is 10.8. The highest BCUT2D eigenvalue weighted by molar-refractivity contribution is 6.01. The van der Waals surface area contributed by atoms with Gasteiger partial charge in [-0.15, -0.1) is 0 Å². The van der Waals surface area contributed by atoms with Crippen LogP contribution in [0.5, 0.6) is 0 Å². The van der Waals surface area contributed by atoms with Crippen molar-refractivity contribution in [3.63, 3.8) is 0 Å². The molecule has 1 heterocycles. The summed E-state index contributed by atoms with van der Waals surface area (Å²) >= 11 is 0. The van der Waals surface area contributed by atoms with E-state index in [0.717, 1.165) is 22.0 Å². The fraction of sp³-hybridized carbons (Fsp3) is 0.167. The zero-order valence-electron chi connectivity index (χ0n) is 12.2. The van der Waals surface area contributed by atoms with Gasteiger partial charge in [-0.25, -0.2) is 4.79 Å². The third kappa shape index (κ3) is 2.42. The first kappa shape index (κ1) is 13.4. The molecule has 0 unspecified atom stereocenters. The maximum absolute atomic E-state index is 11.9. The Hall–Kier alpha value is -2.55. The SMILES string of the molecule is CCOC(=O)c1ccc2c(c1)c(-c1ccccc1)cn2C. The largest absolute Gasteiger partial charge is 0.462 e. The second kappa shape index (κ2) is 5.44. The summed E-state index contributed by atoms with van der Waals surface area (Å²) in [6.07, 6.45) is 2.09. The molecule has 106 valence electrons. The number of hydrogen-bond donors (Lipinski definition) is 0. The van der Waals surface area contributed by atoms with Gasteiger partial charge in [0.15, 0.2) is 0 Å². The molecule has 0 saturated heterocycles. The van der Waals surface area contributed by atoms with Crippen LogP contribution in [0, 0.1) is 0 Å². The summed E-state index contributed by atoms with van der Waals surface area (Å²) in [5, 5.41) is 1.06. The van der Waals surface area contributed by atoms with Crippen LogP contribution >= 0.6 is 0 Å². The highest BCUT2D eigenvalue weighted by Crippen LogP contribution is 2.30. The van der Waals surface area contributed by atoms with E-state index in [1.54, 1.807) is 0 Å². The molecule has 21 heavy (non-hydrogen) atoms. The van der Waals surface area contributed by atoms with Gasteiger partial charge in [-0.05, 0) is 30.7 Å². The first-order chi connectivity index (χ1) is 10.2. The van der Waals surface area contributed by atoms with Crippen LogP contribution in [0.1, 0.15) is 17.3 Å². The molecule has 0 amide bonds. The maximum atomic E-state index is 11.9.